The molecule has 0 fully saturated rings. The minimum Gasteiger partial charge on any atom is -0.396 e. The lowest BCUT2D eigenvalue weighted by atomic mass is 9.71. The molecular weight excluding hydrogens is 440 g/mol. The zero-order valence-corrected chi connectivity index (χ0v) is 24.4. The molecule has 0 saturated carbocycles. The van der Waals surface area contributed by atoms with Gasteiger partial charge in [0.1, 0.15) is 0 Å². The topological polar surface area (TPSA) is 40.5 Å². The van der Waals surface area contributed by atoms with Crippen molar-refractivity contribution in [3.05, 3.63) is 70.4 Å². The van der Waals surface area contributed by atoms with E-state index >= 15 is 0 Å². The minimum atomic E-state index is 0.156. The van der Waals surface area contributed by atoms with Gasteiger partial charge in [0.05, 0.1) is 0 Å². The van der Waals surface area contributed by atoms with Gasteiger partial charge < -0.3 is 10.2 Å². The molecule has 0 heterocycles. The predicted molar refractivity (Wildman–Crippen MR) is 159 cm³/mol. The Bertz CT molecular complexity index is 797. The summed E-state index contributed by atoms with van der Waals surface area (Å²) in [4.78, 5) is 0. The lowest BCUT2D eigenvalue weighted by Gasteiger charge is -2.36. The van der Waals surface area contributed by atoms with Gasteiger partial charge in [0, 0.05) is 13.2 Å². The van der Waals surface area contributed by atoms with Crippen molar-refractivity contribution in [2.45, 2.75) is 112 Å². The van der Waals surface area contributed by atoms with Gasteiger partial charge in [0.25, 0.3) is 0 Å². The Hall–Kier alpha value is -1.64. The van der Waals surface area contributed by atoms with Crippen LogP contribution in [0.4, 0.5) is 0 Å². The highest BCUT2D eigenvalue weighted by molar-refractivity contribution is 5.15. The highest BCUT2D eigenvalue weighted by Crippen LogP contribution is 2.38. The molecule has 2 nitrogen and oxygen atoms in total. The van der Waals surface area contributed by atoms with Crippen molar-refractivity contribution in [1.29, 1.82) is 0 Å². The lowest BCUT2D eigenvalue weighted by Crippen LogP contribution is -2.32. The normalized spacial score (nSPS) is 20.7. The van der Waals surface area contributed by atoms with E-state index < -0.39 is 0 Å². The molecule has 204 valence electrons. The Morgan fingerprint density at radius 2 is 1.33 bits per heavy atom. The molecule has 0 saturated heterocycles. The van der Waals surface area contributed by atoms with Crippen LogP contribution in [0.5, 0.6) is 0 Å². The van der Waals surface area contributed by atoms with E-state index in [1.165, 1.54) is 33.4 Å². The summed E-state index contributed by atoms with van der Waals surface area (Å²) in [6.07, 6.45) is 23.5. The van der Waals surface area contributed by atoms with E-state index in [1.54, 1.807) is 0 Å². The van der Waals surface area contributed by atoms with Crippen molar-refractivity contribution in [3.8, 4) is 0 Å². The Kier molecular flexibility index (Phi) is 16.7. The van der Waals surface area contributed by atoms with E-state index in [0.29, 0.717) is 5.92 Å². The van der Waals surface area contributed by atoms with Crippen molar-refractivity contribution < 1.29 is 10.2 Å². The molecule has 0 aliphatic heterocycles. The SMILES string of the molecule is C=C(CC/C=C(\C)CCC=C(C)C)CC[C@H]1C=C(CC/C=C(\C)CCC=C(C)C)C[C@H](CO)[C@H]1CO. The smallest absolute Gasteiger partial charge is 0.0468 e. The van der Waals surface area contributed by atoms with Crippen LogP contribution in [-0.2, 0) is 0 Å². The monoisotopic (exact) mass is 496 g/mol. The van der Waals surface area contributed by atoms with Gasteiger partial charge in [-0.1, -0.05) is 70.4 Å². The summed E-state index contributed by atoms with van der Waals surface area (Å²) in [6, 6.07) is 0. The lowest BCUT2D eigenvalue weighted by molar-refractivity contribution is 0.0819. The van der Waals surface area contributed by atoms with Crippen LogP contribution in [0.2, 0.25) is 0 Å². The van der Waals surface area contributed by atoms with Crippen molar-refractivity contribution in [3.63, 3.8) is 0 Å². The molecule has 3 atom stereocenters. The molecule has 0 aromatic heterocycles. The highest BCUT2D eigenvalue weighted by atomic mass is 16.3. The fourth-order valence-electron chi connectivity index (χ4n) is 5.20. The van der Waals surface area contributed by atoms with Crippen molar-refractivity contribution in [2.75, 3.05) is 13.2 Å². The molecule has 1 rings (SSSR count). The maximum atomic E-state index is 10.1. The Labute approximate surface area is 223 Å². The van der Waals surface area contributed by atoms with Gasteiger partial charge in [-0.05, 0) is 130 Å². The van der Waals surface area contributed by atoms with Gasteiger partial charge in [0.2, 0.25) is 0 Å². The number of allylic oxidation sites excluding steroid dienone is 11. The van der Waals surface area contributed by atoms with Crippen LogP contribution in [0.15, 0.2) is 70.4 Å². The first-order valence-electron chi connectivity index (χ1n) is 14.3. The minimum absolute atomic E-state index is 0.156. The van der Waals surface area contributed by atoms with Crippen LogP contribution in [0.3, 0.4) is 0 Å². The molecule has 1 aliphatic rings. The van der Waals surface area contributed by atoms with Gasteiger partial charge >= 0.3 is 0 Å². The number of aliphatic hydroxyl groups is 2. The van der Waals surface area contributed by atoms with Gasteiger partial charge in [-0.25, -0.2) is 0 Å². The summed E-state index contributed by atoms with van der Waals surface area (Å²) >= 11 is 0. The number of aliphatic hydroxyl groups excluding tert-OH is 2. The quantitative estimate of drug-likeness (QED) is 0.197. The Morgan fingerprint density at radius 3 is 1.86 bits per heavy atom. The van der Waals surface area contributed by atoms with E-state index in [2.05, 4.69) is 78.5 Å². The average Bonchev–Trinajstić information content (AvgIpc) is 2.81. The third-order valence-corrected chi connectivity index (χ3v) is 7.54. The van der Waals surface area contributed by atoms with E-state index in [4.69, 9.17) is 0 Å². The standard InChI is InChI=1S/C34H56O2/c1-26(2)12-8-14-28(5)16-10-17-30(7)20-21-32-22-31(23-33(24-35)34(32)25-36)19-11-18-29(6)15-9-13-27(3)4/h12-13,16,18,22,32-36H,7-11,14-15,17,19-21,23-25H2,1-6H3/b28-16+,29-18+/t32-,33+,34-/m0/s1. The van der Waals surface area contributed by atoms with Gasteiger partial charge in [0.15, 0.2) is 0 Å². The molecule has 0 aromatic carbocycles. The first kappa shape index (κ1) is 32.4. The molecule has 0 spiro atoms. The van der Waals surface area contributed by atoms with Crippen LogP contribution in [-0.4, -0.2) is 23.4 Å². The highest BCUT2D eigenvalue weighted by Gasteiger charge is 2.32. The number of hydrogen-bond acceptors (Lipinski definition) is 2. The molecule has 36 heavy (non-hydrogen) atoms. The Morgan fingerprint density at radius 1 is 0.778 bits per heavy atom. The number of rotatable bonds is 17. The van der Waals surface area contributed by atoms with Crippen LogP contribution in [0.1, 0.15) is 112 Å². The van der Waals surface area contributed by atoms with Gasteiger partial charge in [-0.3, -0.25) is 0 Å². The third kappa shape index (κ3) is 14.2. The maximum Gasteiger partial charge on any atom is 0.0468 e. The summed E-state index contributed by atoms with van der Waals surface area (Å²) in [7, 11) is 0. The fourth-order valence-corrected chi connectivity index (χ4v) is 5.20. The Balaban J connectivity index is 2.60. The van der Waals surface area contributed by atoms with Gasteiger partial charge in [-0.15, -0.1) is 0 Å². The number of hydrogen-bond donors (Lipinski definition) is 2. The second kappa shape index (κ2) is 18.6. The summed E-state index contributed by atoms with van der Waals surface area (Å²) < 4.78 is 0. The van der Waals surface area contributed by atoms with E-state index in [1.807, 2.05) is 0 Å². The second-order valence-electron chi connectivity index (χ2n) is 11.6. The van der Waals surface area contributed by atoms with Crippen LogP contribution in [0, 0.1) is 17.8 Å². The van der Waals surface area contributed by atoms with Crippen molar-refractivity contribution >= 4 is 0 Å². The first-order valence-corrected chi connectivity index (χ1v) is 14.3. The van der Waals surface area contributed by atoms with Crippen LogP contribution >= 0.6 is 0 Å². The van der Waals surface area contributed by atoms with Gasteiger partial charge in [-0.2, -0.15) is 0 Å². The van der Waals surface area contributed by atoms with Crippen LogP contribution in [0.25, 0.3) is 0 Å². The first-order chi connectivity index (χ1) is 17.2. The van der Waals surface area contributed by atoms with Crippen molar-refractivity contribution in [1.82, 2.24) is 0 Å². The second-order valence-corrected chi connectivity index (χ2v) is 11.6. The largest absolute Gasteiger partial charge is 0.396 e. The molecular formula is C34H56O2. The molecule has 0 bridgehead atoms. The average molecular weight is 497 g/mol. The van der Waals surface area contributed by atoms with E-state index in [0.717, 1.165) is 70.6 Å². The molecule has 0 unspecified atom stereocenters. The zero-order chi connectivity index (χ0) is 26.9. The predicted octanol–water partition coefficient (Wildman–Crippen LogP) is 9.43. The molecule has 2 N–H and O–H groups in total. The molecule has 0 aromatic rings. The van der Waals surface area contributed by atoms with Crippen LogP contribution < -0.4 is 0 Å². The van der Waals surface area contributed by atoms with E-state index in [-0.39, 0.29) is 25.0 Å². The van der Waals surface area contributed by atoms with Crippen molar-refractivity contribution in [2.24, 2.45) is 17.8 Å². The molecule has 2 heteroatoms. The molecule has 0 radical (unpaired) electrons. The summed E-state index contributed by atoms with van der Waals surface area (Å²) in [5, 5.41) is 20.1. The zero-order valence-electron chi connectivity index (χ0n) is 24.4. The summed E-state index contributed by atoms with van der Waals surface area (Å²) in [6.45, 7) is 17.8. The molecule has 1 aliphatic carbocycles. The summed E-state index contributed by atoms with van der Waals surface area (Å²) in [5.41, 5.74) is 8.47. The maximum absolute atomic E-state index is 10.1. The fraction of sp³-hybridized carbons (Fsp3) is 0.647. The summed E-state index contributed by atoms with van der Waals surface area (Å²) in [5.74, 6) is 0.657. The molecule has 0 amide bonds. The third-order valence-electron chi connectivity index (χ3n) is 7.54. The van der Waals surface area contributed by atoms with E-state index in [9.17, 15) is 10.2 Å².